The summed E-state index contributed by atoms with van der Waals surface area (Å²) in [5.41, 5.74) is 1.43. The maximum absolute atomic E-state index is 12.2. The smallest absolute Gasteiger partial charge is 0.276 e. The molecule has 0 bridgehead atoms. The number of methoxy groups -OCH3 is 1. The molecule has 2 aromatic carbocycles. The highest BCUT2D eigenvalue weighted by molar-refractivity contribution is 7.89. The SMILES string of the molecule is CCCc1ccc(S(=O)(=O)N/N=C\c2cccc(OC)c2O)cc1. The minimum absolute atomic E-state index is 0.105. The number of phenolic OH excluding ortho intramolecular Hbond substituents is 1. The Bertz CT molecular complexity index is 815. The van der Waals surface area contributed by atoms with Crippen molar-refractivity contribution in [2.75, 3.05) is 7.11 Å². The lowest BCUT2D eigenvalue weighted by Gasteiger charge is -2.06. The quantitative estimate of drug-likeness (QED) is 0.595. The summed E-state index contributed by atoms with van der Waals surface area (Å²) in [5, 5.41) is 13.6. The van der Waals surface area contributed by atoms with Crippen molar-refractivity contribution >= 4 is 16.2 Å². The number of hydrazone groups is 1. The zero-order valence-electron chi connectivity index (χ0n) is 13.6. The summed E-state index contributed by atoms with van der Waals surface area (Å²) in [7, 11) is -2.32. The summed E-state index contributed by atoms with van der Waals surface area (Å²) in [6, 6.07) is 11.5. The largest absolute Gasteiger partial charge is 0.504 e. The molecule has 0 amide bonds. The van der Waals surface area contributed by atoms with Gasteiger partial charge in [-0.05, 0) is 36.2 Å². The number of para-hydroxylation sites is 1. The number of nitrogens with zero attached hydrogens (tertiary/aromatic N) is 1. The van der Waals surface area contributed by atoms with Crippen LogP contribution in [0.25, 0.3) is 0 Å². The third kappa shape index (κ3) is 4.26. The van der Waals surface area contributed by atoms with E-state index >= 15 is 0 Å². The summed E-state index contributed by atoms with van der Waals surface area (Å²) in [6.45, 7) is 2.06. The van der Waals surface area contributed by atoms with Crippen LogP contribution in [0.15, 0.2) is 52.5 Å². The molecule has 0 fully saturated rings. The molecule has 0 aliphatic carbocycles. The first-order valence-electron chi connectivity index (χ1n) is 7.47. The molecule has 0 saturated heterocycles. The van der Waals surface area contributed by atoms with Crippen LogP contribution in [0.5, 0.6) is 11.5 Å². The average Bonchev–Trinajstić information content (AvgIpc) is 2.57. The molecule has 0 aliphatic heterocycles. The van der Waals surface area contributed by atoms with Gasteiger partial charge in [0.15, 0.2) is 11.5 Å². The Morgan fingerprint density at radius 3 is 2.54 bits per heavy atom. The van der Waals surface area contributed by atoms with E-state index in [4.69, 9.17) is 4.74 Å². The first-order chi connectivity index (χ1) is 11.5. The highest BCUT2D eigenvalue weighted by atomic mass is 32.2. The number of rotatable bonds is 7. The normalized spacial score (nSPS) is 11.6. The van der Waals surface area contributed by atoms with E-state index in [1.165, 1.54) is 13.3 Å². The fourth-order valence-corrected chi connectivity index (χ4v) is 2.94. The fraction of sp³-hybridized carbons (Fsp3) is 0.235. The molecule has 7 heteroatoms. The number of aromatic hydroxyl groups is 1. The molecule has 0 radical (unpaired) electrons. The second kappa shape index (κ2) is 7.83. The van der Waals surface area contributed by atoms with Crippen molar-refractivity contribution < 1.29 is 18.3 Å². The van der Waals surface area contributed by atoms with Crippen molar-refractivity contribution in [3.63, 3.8) is 0 Å². The monoisotopic (exact) mass is 348 g/mol. The molecule has 0 aliphatic rings. The van der Waals surface area contributed by atoms with Crippen molar-refractivity contribution in [2.45, 2.75) is 24.7 Å². The summed E-state index contributed by atoms with van der Waals surface area (Å²) < 4.78 is 29.4. The van der Waals surface area contributed by atoms with E-state index in [1.54, 1.807) is 42.5 Å². The van der Waals surface area contributed by atoms with Gasteiger partial charge in [-0.2, -0.15) is 13.5 Å². The van der Waals surface area contributed by atoms with E-state index in [9.17, 15) is 13.5 Å². The molecular weight excluding hydrogens is 328 g/mol. The van der Waals surface area contributed by atoms with Crippen molar-refractivity contribution in [1.82, 2.24) is 4.83 Å². The van der Waals surface area contributed by atoms with Gasteiger partial charge in [-0.3, -0.25) is 0 Å². The Hall–Kier alpha value is -2.54. The molecular formula is C17H20N2O4S. The molecule has 24 heavy (non-hydrogen) atoms. The summed E-state index contributed by atoms with van der Waals surface area (Å²) in [6.07, 6.45) is 3.13. The summed E-state index contributed by atoms with van der Waals surface area (Å²) >= 11 is 0. The highest BCUT2D eigenvalue weighted by Crippen LogP contribution is 2.27. The van der Waals surface area contributed by atoms with Gasteiger partial charge in [0.2, 0.25) is 0 Å². The van der Waals surface area contributed by atoms with E-state index in [1.807, 2.05) is 0 Å². The van der Waals surface area contributed by atoms with Gasteiger partial charge in [-0.15, -0.1) is 0 Å². The van der Waals surface area contributed by atoms with Crippen LogP contribution in [0.4, 0.5) is 0 Å². The molecule has 0 aromatic heterocycles. The number of phenols is 1. The zero-order chi connectivity index (χ0) is 17.6. The van der Waals surface area contributed by atoms with Crippen molar-refractivity contribution in [2.24, 2.45) is 5.10 Å². The number of ether oxygens (including phenoxy) is 1. The average molecular weight is 348 g/mol. The molecule has 0 unspecified atom stereocenters. The Kier molecular flexibility index (Phi) is 5.81. The van der Waals surface area contributed by atoms with Gasteiger partial charge in [0.25, 0.3) is 10.0 Å². The van der Waals surface area contributed by atoms with Crippen molar-refractivity contribution in [3.8, 4) is 11.5 Å². The Morgan fingerprint density at radius 1 is 1.21 bits per heavy atom. The van der Waals surface area contributed by atoms with Crippen molar-refractivity contribution in [1.29, 1.82) is 0 Å². The van der Waals surface area contributed by atoms with Crippen LogP contribution < -0.4 is 9.57 Å². The Morgan fingerprint density at radius 2 is 1.92 bits per heavy atom. The minimum Gasteiger partial charge on any atom is -0.504 e. The van der Waals surface area contributed by atoms with Crippen LogP contribution in [-0.4, -0.2) is 26.8 Å². The molecule has 0 atom stereocenters. The van der Waals surface area contributed by atoms with E-state index in [0.29, 0.717) is 5.56 Å². The number of benzene rings is 2. The molecule has 2 aromatic rings. The van der Waals surface area contributed by atoms with Crippen LogP contribution in [0.3, 0.4) is 0 Å². The van der Waals surface area contributed by atoms with Crippen LogP contribution in [-0.2, 0) is 16.4 Å². The van der Waals surface area contributed by atoms with Gasteiger partial charge in [0.1, 0.15) is 0 Å². The third-order valence-electron chi connectivity index (χ3n) is 3.40. The molecule has 0 heterocycles. The number of aryl methyl sites for hydroxylation is 1. The Labute approximate surface area is 141 Å². The number of sulfonamides is 1. The lowest BCUT2D eigenvalue weighted by atomic mass is 10.1. The second-order valence-corrected chi connectivity index (χ2v) is 6.81. The molecule has 128 valence electrons. The van der Waals surface area contributed by atoms with E-state index in [0.717, 1.165) is 18.4 Å². The van der Waals surface area contributed by atoms with Gasteiger partial charge in [-0.25, -0.2) is 4.83 Å². The minimum atomic E-state index is -3.75. The van der Waals surface area contributed by atoms with Crippen LogP contribution >= 0.6 is 0 Å². The van der Waals surface area contributed by atoms with Crippen molar-refractivity contribution in [3.05, 3.63) is 53.6 Å². The predicted octanol–water partition coefficient (Wildman–Crippen LogP) is 2.67. The maximum Gasteiger partial charge on any atom is 0.276 e. The zero-order valence-corrected chi connectivity index (χ0v) is 14.4. The van der Waals surface area contributed by atoms with Crippen LogP contribution in [0.1, 0.15) is 24.5 Å². The van der Waals surface area contributed by atoms with Crippen LogP contribution in [0.2, 0.25) is 0 Å². The number of hydrogen-bond acceptors (Lipinski definition) is 5. The highest BCUT2D eigenvalue weighted by Gasteiger charge is 2.12. The fourth-order valence-electron chi connectivity index (χ4n) is 2.15. The van der Waals surface area contributed by atoms with E-state index in [2.05, 4.69) is 16.9 Å². The first-order valence-corrected chi connectivity index (χ1v) is 8.96. The molecule has 2 N–H and O–H groups in total. The third-order valence-corrected chi connectivity index (χ3v) is 4.64. The van der Waals surface area contributed by atoms with E-state index in [-0.39, 0.29) is 16.4 Å². The lowest BCUT2D eigenvalue weighted by molar-refractivity contribution is 0.373. The molecule has 6 nitrogen and oxygen atoms in total. The Balaban J connectivity index is 2.12. The second-order valence-electron chi connectivity index (χ2n) is 5.14. The standard InChI is InChI=1S/C17H20N2O4S/c1-3-5-13-8-10-15(11-9-13)24(21,22)19-18-12-14-6-4-7-16(23-2)17(14)20/h4,6-12,19-20H,3,5H2,1-2H3/b18-12-. The van der Waals surface area contributed by atoms with E-state index < -0.39 is 10.0 Å². The van der Waals surface area contributed by atoms with Gasteiger partial charge < -0.3 is 9.84 Å². The molecule has 2 rings (SSSR count). The van der Waals surface area contributed by atoms with Gasteiger partial charge in [0.05, 0.1) is 18.2 Å². The molecule has 0 spiro atoms. The summed E-state index contributed by atoms with van der Waals surface area (Å²) in [4.78, 5) is 2.26. The number of hydrogen-bond donors (Lipinski definition) is 2. The first kappa shape index (κ1) is 17.8. The molecule has 0 saturated carbocycles. The number of nitrogens with one attached hydrogen (secondary N) is 1. The summed E-state index contributed by atoms with van der Waals surface area (Å²) in [5.74, 6) is 0.181. The van der Waals surface area contributed by atoms with Crippen LogP contribution in [0, 0.1) is 0 Å². The maximum atomic E-state index is 12.2. The van der Waals surface area contributed by atoms with Gasteiger partial charge in [0, 0.05) is 5.56 Å². The van der Waals surface area contributed by atoms with Gasteiger partial charge >= 0.3 is 0 Å². The van der Waals surface area contributed by atoms with Gasteiger partial charge in [-0.1, -0.05) is 31.5 Å². The lowest BCUT2D eigenvalue weighted by Crippen LogP contribution is -2.18. The topological polar surface area (TPSA) is 88.0 Å². The predicted molar refractivity (Wildman–Crippen MR) is 93.0 cm³/mol.